The molecule has 2 saturated heterocycles. The third kappa shape index (κ3) is 6.01. The second kappa shape index (κ2) is 13.3. The van der Waals surface area contributed by atoms with Gasteiger partial charge < -0.3 is 33.8 Å². The molecule has 0 bridgehead atoms. The van der Waals surface area contributed by atoms with E-state index in [0.717, 1.165) is 43.8 Å². The summed E-state index contributed by atoms with van der Waals surface area (Å²) >= 11 is 13.3. The molecule has 3 aromatic heterocycles. The van der Waals surface area contributed by atoms with Crippen molar-refractivity contribution in [3.05, 3.63) is 74.8 Å². The number of pyridine rings is 3. The lowest BCUT2D eigenvalue weighted by Crippen LogP contribution is -2.57. The van der Waals surface area contributed by atoms with Gasteiger partial charge in [-0.1, -0.05) is 30.1 Å². The lowest BCUT2D eigenvalue weighted by atomic mass is 10.1. The molecule has 3 fully saturated rings. The number of methoxy groups -OCH3 is 1. The first-order chi connectivity index (χ1) is 22.7. The van der Waals surface area contributed by atoms with E-state index in [1.54, 1.807) is 37.8 Å². The Balaban J connectivity index is 0.00000190. The fourth-order valence-corrected chi connectivity index (χ4v) is 7.31. The van der Waals surface area contributed by atoms with Gasteiger partial charge in [0, 0.05) is 49.9 Å². The van der Waals surface area contributed by atoms with Crippen LogP contribution >= 0.6 is 23.2 Å². The minimum atomic E-state index is -0.358. The first-order valence-electron chi connectivity index (χ1n) is 15.5. The van der Waals surface area contributed by atoms with Crippen LogP contribution in [0.1, 0.15) is 23.7 Å². The van der Waals surface area contributed by atoms with Crippen LogP contribution in [-0.2, 0) is 0 Å². The molecule has 13 heteroatoms. The Kier molecular flexibility index (Phi) is 9.35. The van der Waals surface area contributed by atoms with Gasteiger partial charge in [-0.25, -0.2) is 9.97 Å². The predicted molar refractivity (Wildman–Crippen MR) is 184 cm³/mol. The SMILES string of the molecule is CO.COc1cnc(OCC2CC3C(C)C3N2c2cc3c(cc2Cl)c(=O)c(C=O)cn3-c2ccc(N3CC(N(C)C)C3)nc2)c(Cl)c1. The Morgan fingerprint density at radius 3 is 2.49 bits per heavy atom. The molecule has 1 saturated carbocycles. The molecule has 47 heavy (non-hydrogen) atoms. The number of carbonyl (C=O) groups excluding carboxylic acids is 1. The second-order valence-corrected chi connectivity index (χ2v) is 13.2. The monoisotopic (exact) mass is 680 g/mol. The van der Waals surface area contributed by atoms with Crippen molar-refractivity contribution < 1.29 is 19.4 Å². The standard InChI is InChI=1S/C33H34Cl2N6O4.CH4O/c1-18-24-7-21(17-45-33-27(35)8-23(44-4)12-37-33)41(31(18)24)29-10-28-25(9-26(29)34)32(43)19(16-42)13-40(28)20-5-6-30(36-11-20)39-14-22(15-39)38(2)3;1-2/h5-6,8-13,16,18,21-22,24,31H,7,14-15,17H2,1-4H3;2H,1H3. The van der Waals surface area contributed by atoms with Crippen molar-refractivity contribution in [3.63, 3.8) is 0 Å². The van der Waals surface area contributed by atoms with E-state index in [1.807, 2.05) is 22.8 Å². The number of aldehydes is 1. The molecule has 248 valence electrons. The molecule has 1 aliphatic carbocycles. The zero-order valence-corrected chi connectivity index (χ0v) is 28.4. The van der Waals surface area contributed by atoms with Crippen LogP contribution < -0.4 is 24.7 Å². The number of fused-ring (bicyclic) bond motifs is 2. The van der Waals surface area contributed by atoms with E-state index in [0.29, 0.717) is 69.4 Å². The van der Waals surface area contributed by atoms with Gasteiger partial charge >= 0.3 is 0 Å². The summed E-state index contributed by atoms with van der Waals surface area (Å²) in [5, 5.41) is 8.19. The Morgan fingerprint density at radius 1 is 1.09 bits per heavy atom. The van der Waals surface area contributed by atoms with Crippen LogP contribution in [0.5, 0.6) is 11.6 Å². The molecule has 3 aliphatic rings. The van der Waals surface area contributed by atoms with E-state index in [-0.39, 0.29) is 17.0 Å². The topological polar surface area (TPSA) is 113 Å². The van der Waals surface area contributed by atoms with E-state index in [2.05, 4.69) is 40.7 Å². The molecule has 4 unspecified atom stereocenters. The number of hydrogen-bond donors (Lipinski definition) is 1. The van der Waals surface area contributed by atoms with Crippen LogP contribution in [0.4, 0.5) is 11.5 Å². The van der Waals surface area contributed by atoms with Gasteiger partial charge in [0.2, 0.25) is 5.88 Å². The highest BCUT2D eigenvalue weighted by molar-refractivity contribution is 6.34. The number of rotatable bonds is 9. The van der Waals surface area contributed by atoms with Gasteiger partial charge in [-0.3, -0.25) is 9.59 Å². The van der Waals surface area contributed by atoms with Gasteiger partial charge in [-0.15, -0.1) is 0 Å². The van der Waals surface area contributed by atoms with Crippen LogP contribution in [0.3, 0.4) is 0 Å². The number of likely N-dealkylation sites (N-methyl/N-ethyl adjacent to an activating group) is 1. The molecular weight excluding hydrogens is 643 g/mol. The number of aromatic nitrogens is 3. The summed E-state index contributed by atoms with van der Waals surface area (Å²) in [6.07, 6.45) is 6.46. The number of aliphatic hydroxyl groups is 1. The summed E-state index contributed by atoms with van der Waals surface area (Å²) in [6.45, 7) is 4.44. The summed E-state index contributed by atoms with van der Waals surface area (Å²) in [5.74, 6) is 2.80. The largest absolute Gasteiger partial charge is 0.495 e. The lowest BCUT2D eigenvalue weighted by molar-refractivity contribution is 0.112. The third-order valence-corrected chi connectivity index (χ3v) is 10.2. The van der Waals surface area contributed by atoms with Crippen LogP contribution in [0, 0.1) is 11.8 Å². The highest BCUT2D eigenvalue weighted by atomic mass is 35.5. The van der Waals surface area contributed by atoms with E-state index >= 15 is 0 Å². The van der Waals surface area contributed by atoms with Gasteiger partial charge in [0.1, 0.15) is 23.2 Å². The fourth-order valence-electron chi connectivity index (χ4n) is 6.84. The number of aliphatic hydroxyl groups excluding tert-OH is 1. The molecule has 11 nitrogen and oxygen atoms in total. The molecule has 0 radical (unpaired) electrons. The van der Waals surface area contributed by atoms with Crippen LogP contribution in [0.2, 0.25) is 10.0 Å². The normalized spacial score (nSPS) is 21.6. The van der Waals surface area contributed by atoms with Gasteiger partial charge in [0.25, 0.3) is 0 Å². The first-order valence-corrected chi connectivity index (χ1v) is 16.2. The van der Waals surface area contributed by atoms with Crippen LogP contribution in [0.15, 0.2) is 53.7 Å². The smallest absolute Gasteiger partial charge is 0.232 e. The van der Waals surface area contributed by atoms with Crippen LogP contribution in [-0.4, -0.2) is 97.0 Å². The average Bonchev–Trinajstić information content (AvgIpc) is 3.50. The van der Waals surface area contributed by atoms with Crippen molar-refractivity contribution >= 4 is 51.9 Å². The van der Waals surface area contributed by atoms with Gasteiger partial charge in [0.15, 0.2) is 11.7 Å². The zero-order chi connectivity index (χ0) is 33.6. The van der Waals surface area contributed by atoms with Crippen molar-refractivity contribution in [2.45, 2.75) is 31.5 Å². The molecule has 0 amide bonds. The molecule has 7 rings (SSSR count). The molecule has 1 aromatic carbocycles. The summed E-state index contributed by atoms with van der Waals surface area (Å²) in [6, 6.07) is 10.1. The van der Waals surface area contributed by atoms with Crippen molar-refractivity contribution in [3.8, 4) is 17.3 Å². The lowest BCUT2D eigenvalue weighted by Gasteiger charge is -2.43. The van der Waals surface area contributed by atoms with Crippen molar-refractivity contribution in [1.82, 2.24) is 19.4 Å². The fraction of sp³-hybridized carbons (Fsp3) is 0.412. The summed E-state index contributed by atoms with van der Waals surface area (Å²) in [5.41, 5.74) is 1.90. The number of nitrogens with zero attached hydrogens (tertiary/aromatic N) is 6. The highest BCUT2D eigenvalue weighted by Crippen LogP contribution is 2.55. The maximum absolute atomic E-state index is 13.3. The Morgan fingerprint density at radius 2 is 1.85 bits per heavy atom. The zero-order valence-electron chi connectivity index (χ0n) is 26.9. The predicted octanol–water partition coefficient (Wildman–Crippen LogP) is 4.56. The van der Waals surface area contributed by atoms with Gasteiger partial charge in [-0.05, 0) is 56.6 Å². The summed E-state index contributed by atoms with van der Waals surface area (Å²) < 4.78 is 13.2. The van der Waals surface area contributed by atoms with E-state index in [4.69, 9.17) is 42.8 Å². The molecule has 1 N–H and O–H groups in total. The van der Waals surface area contributed by atoms with E-state index < -0.39 is 0 Å². The van der Waals surface area contributed by atoms with Gasteiger partial charge in [0.05, 0.1) is 53.0 Å². The number of hydrogen-bond acceptors (Lipinski definition) is 10. The molecule has 2 aliphatic heterocycles. The number of benzene rings is 1. The Bertz CT molecular complexity index is 1850. The maximum atomic E-state index is 13.3. The number of carbonyl (C=O) groups is 1. The van der Waals surface area contributed by atoms with E-state index in [1.165, 1.54) is 0 Å². The van der Waals surface area contributed by atoms with Crippen LogP contribution in [0.25, 0.3) is 16.6 Å². The molecule has 0 spiro atoms. The number of anilines is 2. The summed E-state index contributed by atoms with van der Waals surface area (Å²) in [4.78, 5) is 41.1. The average molecular weight is 682 g/mol. The van der Waals surface area contributed by atoms with E-state index in [9.17, 15) is 9.59 Å². The second-order valence-electron chi connectivity index (χ2n) is 12.4. The molecule has 5 heterocycles. The van der Waals surface area contributed by atoms with Crippen molar-refractivity contribution in [2.24, 2.45) is 11.8 Å². The third-order valence-electron chi connectivity index (χ3n) is 9.63. The minimum Gasteiger partial charge on any atom is -0.495 e. The van der Waals surface area contributed by atoms with Crippen molar-refractivity contribution in [1.29, 1.82) is 0 Å². The maximum Gasteiger partial charge on any atom is 0.232 e. The Labute approximate surface area is 283 Å². The van der Waals surface area contributed by atoms with Gasteiger partial charge in [-0.2, -0.15) is 0 Å². The molecule has 4 atom stereocenters. The number of ether oxygens (including phenoxy) is 2. The van der Waals surface area contributed by atoms with Crippen molar-refractivity contribution in [2.75, 3.05) is 57.8 Å². The molecule has 4 aromatic rings. The summed E-state index contributed by atoms with van der Waals surface area (Å²) in [7, 11) is 6.73. The first kappa shape index (κ1) is 33.0. The quantitative estimate of drug-likeness (QED) is 0.253. The minimum absolute atomic E-state index is 0.0176. The Hall–Kier alpha value is -3.90. The molecular formula is C34H38Cl2N6O5. The number of piperidine rings is 1. The number of halogens is 2. The highest BCUT2D eigenvalue weighted by Gasteiger charge is 2.59.